The molecule has 22 heavy (non-hydrogen) atoms. The van der Waals surface area contributed by atoms with Crippen molar-refractivity contribution in [3.63, 3.8) is 0 Å². The fraction of sp³-hybridized carbons (Fsp3) is 0.222. The number of hydrogen-bond acceptors (Lipinski definition) is 3. The van der Waals surface area contributed by atoms with Gasteiger partial charge in [0.1, 0.15) is 18.2 Å². The number of nitrogens with zero attached hydrogens (tertiary/aromatic N) is 1. The van der Waals surface area contributed by atoms with Crippen LogP contribution in [0.1, 0.15) is 35.9 Å². The second-order valence-corrected chi connectivity index (χ2v) is 5.19. The number of aromatic amines is 1. The standard InChI is InChI=1S/C18H18N2O2/c1-2-5-17(21)13-8-10-14(11-9-13)22-12-18-19-15-6-3-4-7-16(15)20-18/h3-4,6-11H,2,5,12H2,1H3,(H,19,20). The minimum atomic E-state index is 0.173. The molecule has 0 amide bonds. The fourth-order valence-electron chi connectivity index (χ4n) is 2.33. The summed E-state index contributed by atoms with van der Waals surface area (Å²) in [6.45, 7) is 2.37. The second-order valence-electron chi connectivity index (χ2n) is 5.19. The van der Waals surface area contributed by atoms with Crippen molar-refractivity contribution >= 4 is 16.8 Å². The molecule has 0 fully saturated rings. The number of aromatic nitrogens is 2. The summed E-state index contributed by atoms with van der Waals surface area (Å²) in [5, 5.41) is 0. The molecule has 0 aliphatic heterocycles. The largest absolute Gasteiger partial charge is 0.486 e. The van der Waals surface area contributed by atoms with Crippen molar-refractivity contribution in [1.82, 2.24) is 9.97 Å². The Morgan fingerprint density at radius 1 is 1.14 bits per heavy atom. The average molecular weight is 294 g/mol. The molecular weight excluding hydrogens is 276 g/mol. The molecule has 0 radical (unpaired) electrons. The predicted octanol–water partition coefficient (Wildman–Crippen LogP) is 4.12. The van der Waals surface area contributed by atoms with Crippen molar-refractivity contribution in [2.45, 2.75) is 26.4 Å². The van der Waals surface area contributed by atoms with Gasteiger partial charge < -0.3 is 9.72 Å². The molecule has 1 aromatic heterocycles. The van der Waals surface area contributed by atoms with E-state index in [1.54, 1.807) is 0 Å². The molecule has 0 saturated carbocycles. The van der Waals surface area contributed by atoms with Gasteiger partial charge in [0.15, 0.2) is 5.78 Å². The second kappa shape index (κ2) is 6.43. The molecule has 112 valence electrons. The third-order valence-corrected chi connectivity index (χ3v) is 3.47. The molecule has 0 saturated heterocycles. The number of rotatable bonds is 6. The summed E-state index contributed by atoms with van der Waals surface area (Å²) >= 11 is 0. The van der Waals surface area contributed by atoms with Crippen molar-refractivity contribution in [3.05, 3.63) is 59.9 Å². The number of ether oxygens (including phenoxy) is 1. The van der Waals surface area contributed by atoms with Crippen LogP contribution in [0.25, 0.3) is 11.0 Å². The van der Waals surface area contributed by atoms with Gasteiger partial charge in [-0.3, -0.25) is 4.79 Å². The third kappa shape index (κ3) is 3.17. The summed E-state index contributed by atoms with van der Waals surface area (Å²) in [7, 11) is 0. The molecule has 0 bridgehead atoms. The van der Waals surface area contributed by atoms with Crippen LogP contribution in [0.2, 0.25) is 0 Å². The van der Waals surface area contributed by atoms with Crippen LogP contribution in [-0.2, 0) is 6.61 Å². The lowest BCUT2D eigenvalue weighted by atomic mass is 10.1. The maximum atomic E-state index is 11.8. The molecule has 1 heterocycles. The Kier molecular flexibility index (Phi) is 4.19. The highest BCUT2D eigenvalue weighted by Gasteiger charge is 2.06. The first-order chi connectivity index (χ1) is 10.8. The number of imidazole rings is 1. The van der Waals surface area contributed by atoms with Gasteiger partial charge >= 0.3 is 0 Å². The highest BCUT2D eigenvalue weighted by Crippen LogP contribution is 2.16. The Bertz CT molecular complexity index is 742. The van der Waals surface area contributed by atoms with Crippen LogP contribution in [0.4, 0.5) is 0 Å². The van der Waals surface area contributed by atoms with Crippen LogP contribution in [0.3, 0.4) is 0 Å². The van der Waals surface area contributed by atoms with Gasteiger partial charge in [0, 0.05) is 12.0 Å². The predicted molar refractivity (Wildman–Crippen MR) is 86.1 cm³/mol. The summed E-state index contributed by atoms with van der Waals surface area (Å²) in [6.07, 6.45) is 1.45. The van der Waals surface area contributed by atoms with Crippen molar-refractivity contribution < 1.29 is 9.53 Å². The third-order valence-electron chi connectivity index (χ3n) is 3.47. The number of benzene rings is 2. The SMILES string of the molecule is CCCC(=O)c1ccc(OCc2nc3ccccc3[nH]2)cc1. The number of carbonyl (C=O) groups is 1. The Balaban J connectivity index is 1.64. The van der Waals surface area contributed by atoms with E-state index in [1.165, 1.54) is 0 Å². The number of fused-ring (bicyclic) bond motifs is 1. The van der Waals surface area contributed by atoms with Crippen molar-refractivity contribution in [1.29, 1.82) is 0 Å². The van der Waals surface area contributed by atoms with E-state index >= 15 is 0 Å². The summed E-state index contributed by atoms with van der Waals surface area (Å²) in [4.78, 5) is 19.5. The number of H-pyrrole nitrogens is 1. The molecule has 1 N–H and O–H groups in total. The van der Waals surface area contributed by atoms with Gasteiger partial charge in [-0.1, -0.05) is 19.1 Å². The van der Waals surface area contributed by atoms with Crippen LogP contribution in [-0.4, -0.2) is 15.8 Å². The van der Waals surface area contributed by atoms with E-state index < -0.39 is 0 Å². The van der Waals surface area contributed by atoms with E-state index in [1.807, 2.05) is 55.5 Å². The van der Waals surface area contributed by atoms with Gasteiger partial charge in [0.05, 0.1) is 11.0 Å². The number of carbonyl (C=O) groups excluding carboxylic acids is 1. The topological polar surface area (TPSA) is 55.0 Å². The molecule has 0 atom stereocenters. The number of hydrogen-bond donors (Lipinski definition) is 1. The first-order valence-electron chi connectivity index (χ1n) is 7.46. The molecule has 2 aromatic carbocycles. The monoisotopic (exact) mass is 294 g/mol. The Hall–Kier alpha value is -2.62. The van der Waals surface area contributed by atoms with E-state index in [0.29, 0.717) is 13.0 Å². The molecule has 0 aliphatic carbocycles. The molecule has 0 unspecified atom stereocenters. The van der Waals surface area contributed by atoms with Gasteiger partial charge in [-0.15, -0.1) is 0 Å². The zero-order valence-electron chi connectivity index (χ0n) is 12.5. The lowest BCUT2D eigenvalue weighted by Crippen LogP contribution is -2.00. The van der Waals surface area contributed by atoms with Crippen molar-refractivity contribution in [2.24, 2.45) is 0 Å². The summed E-state index contributed by atoms with van der Waals surface area (Å²) in [5.41, 5.74) is 2.67. The van der Waals surface area contributed by atoms with Crippen LogP contribution in [0.15, 0.2) is 48.5 Å². The highest BCUT2D eigenvalue weighted by atomic mass is 16.5. The highest BCUT2D eigenvalue weighted by molar-refractivity contribution is 5.96. The minimum Gasteiger partial charge on any atom is -0.486 e. The first kappa shape index (κ1) is 14.3. The van der Waals surface area contributed by atoms with Crippen LogP contribution in [0, 0.1) is 0 Å². The molecule has 0 spiro atoms. The minimum absolute atomic E-state index is 0.173. The van der Waals surface area contributed by atoms with E-state index in [2.05, 4.69) is 9.97 Å². The van der Waals surface area contributed by atoms with E-state index in [0.717, 1.165) is 34.6 Å². The van der Waals surface area contributed by atoms with Crippen LogP contribution in [0.5, 0.6) is 5.75 Å². The van der Waals surface area contributed by atoms with Gasteiger partial charge in [0.2, 0.25) is 0 Å². The van der Waals surface area contributed by atoms with Crippen molar-refractivity contribution in [3.8, 4) is 5.75 Å². The molecule has 4 nitrogen and oxygen atoms in total. The molecular formula is C18H18N2O2. The van der Waals surface area contributed by atoms with Crippen LogP contribution < -0.4 is 4.74 Å². The maximum absolute atomic E-state index is 11.8. The number of ketones is 1. The Morgan fingerprint density at radius 3 is 2.64 bits per heavy atom. The zero-order valence-corrected chi connectivity index (χ0v) is 12.5. The van der Waals surface area contributed by atoms with Gasteiger partial charge in [-0.2, -0.15) is 0 Å². The summed E-state index contributed by atoms with van der Waals surface area (Å²) in [5.74, 6) is 1.69. The molecule has 0 aliphatic rings. The van der Waals surface area contributed by atoms with Gasteiger partial charge in [-0.25, -0.2) is 4.98 Å². The smallest absolute Gasteiger partial charge is 0.162 e. The quantitative estimate of drug-likeness (QED) is 0.696. The van der Waals surface area contributed by atoms with Gasteiger partial charge in [0.25, 0.3) is 0 Å². The number of Topliss-reactive ketones (excluding diaryl/α,β-unsaturated/α-hetero) is 1. The van der Waals surface area contributed by atoms with Crippen molar-refractivity contribution in [2.75, 3.05) is 0 Å². The normalized spacial score (nSPS) is 10.8. The first-order valence-corrected chi connectivity index (χ1v) is 7.46. The Labute approximate surface area is 129 Å². The maximum Gasteiger partial charge on any atom is 0.162 e. The molecule has 3 aromatic rings. The zero-order chi connectivity index (χ0) is 15.4. The van der Waals surface area contributed by atoms with E-state index in [9.17, 15) is 4.79 Å². The fourth-order valence-corrected chi connectivity index (χ4v) is 2.33. The molecule has 4 heteroatoms. The van der Waals surface area contributed by atoms with E-state index in [4.69, 9.17) is 4.74 Å². The summed E-state index contributed by atoms with van der Waals surface area (Å²) < 4.78 is 5.71. The van der Waals surface area contributed by atoms with Crippen LogP contribution >= 0.6 is 0 Å². The van der Waals surface area contributed by atoms with E-state index in [-0.39, 0.29) is 5.78 Å². The van der Waals surface area contributed by atoms with Gasteiger partial charge in [-0.05, 0) is 42.8 Å². The number of nitrogens with one attached hydrogen (secondary N) is 1. The number of para-hydroxylation sites is 2. The molecule has 3 rings (SSSR count). The Morgan fingerprint density at radius 2 is 1.91 bits per heavy atom. The lowest BCUT2D eigenvalue weighted by molar-refractivity contribution is 0.0981. The average Bonchev–Trinajstić information content (AvgIpc) is 2.96. The lowest BCUT2D eigenvalue weighted by Gasteiger charge is -2.05. The summed E-state index contributed by atoms with van der Waals surface area (Å²) in [6, 6.07) is 15.1.